The number of oxazole rings is 1. The lowest BCUT2D eigenvalue weighted by Crippen LogP contribution is -2.15. The van der Waals surface area contributed by atoms with Gasteiger partial charge >= 0.3 is 5.76 Å². The highest BCUT2D eigenvalue weighted by molar-refractivity contribution is 5.76. The van der Waals surface area contributed by atoms with E-state index in [4.69, 9.17) is 13.7 Å². The van der Waals surface area contributed by atoms with Crippen molar-refractivity contribution < 1.29 is 18.6 Å². The number of nitro benzene ring substituents is 1. The molecule has 136 valence electrons. The lowest BCUT2D eigenvalue weighted by Gasteiger charge is -1.99. The van der Waals surface area contributed by atoms with Gasteiger partial charge in [0.2, 0.25) is 0 Å². The lowest BCUT2D eigenvalue weighted by atomic mass is 10.2. The van der Waals surface area contributed by atoms with E-state index in [2.05, 4.69) is 10.1 Å². The fourth-order valence-corrected chi connectivity index (χ4v) is 2.62. The first-order chi connectivity index (χ1) is 13.0. The third-order valence-electron chi connectivity index (χ3n) is 3.97. The number of ether oxygens (including phenoxy) is 1. The van der Waals surface area contributed by atoms with Gasteiger partial charge in [0.25, 0.3) is 11.6 Å². The van der Waals surface area contributed by atoms with Gasteiger partial charge < -0.3 is 13.7 Å². The molecule has 0 saturated carbocycles. The highest BCUT2D eigenvalue weighted by Gasteiger charge is 2.17. The Morgan fingerprint density at radius 3 is 2.70 bits per heavy atom. The molecular weight excluding hydrogens is 356 g/mol. The van der Waals surface area contributed by atoms with E-state index in [0.29, 0.717) is 11.3 Å². The van der Waals surface area contributed by atoms with Crippen molar-refractivity contribution in [1.29, 1.82) is 0 Å². The molecule has 4 aromatic rings. The van der Waals surface area contributed by atoms with Crippen LogP contribution in [0.25, 0.3) is 22.6 Å². The molecule has 0 aliphatic heterocycles. The smallest absolute Gasteiger partial charge is 0.420 e. The van der Waals surface area contributed by atoms with Crippen LogP contribution in [-0.2, 0) is 6.54 Å². The Morgan fingerprint density at radius 1 is 1.22 bits per heavy atom. The summed E-state index contributed by atoms with van der Waals surface area (Å²) in [5, 5.41) is 14.8. The summed E-state index contributed by atoms with van der Waals surface area (Å²) in [6, 6.07) is 11.0. The third kappa shape index (κ3) is 3.03. The second-order valence-electron chi connectivity index (χ2n) is 5.61. The SMILES string of the molecule is COc1ccc(-c2nc(Cn3c(=O)oc4ccc([N+](=O)[O-])cc43)no2)cc1. The maximum Gasteiger partial charge on any atom is 0.420 e. The first-order valence-electron chi connectivity index (χ1n) is 7.80. The van der Waals surface area contributed by atoms with Gasteiger partial charge in [0, 0.05) is 17.7 Å². The Kier molecular flexibility index (Phi) is 3.92. The molecule has 0 aliphatic carbocycles. The molecule has 0 fully saturated rings. The molecule has 27 heavy (non-hydrogen) atoms. The predicted molar refractivity (Wildman–Crippen MR) is 92.5 cm³/mol. The van der Waals surface area contributed by atoms with E-state index in [1.807, 2.05) is 0 Å². The summed E-state index contributed by atoms with van der Waals surface area (Å²) < 4.78 is 16.6. The zero-order valence-electron chi connectivity index (χ0n) is 14.0. The van der Waals surface area contributed by atoms with Crippen LogP contribution < -0.4 is 10.5 Å². The Bertz CT molecular complexity index is 1190. The number of hydrogen-bond acceptors (Lipinski definition) is 8. The van der Waals surface area contributed by atoms with E-state index in [1.54, 1.807) is 31.4 Å². The number of aromatic nitrogens is 3. The molecule has 0 amide bonds. The Balaban J connectivity index is 1.67. The van der Waals surface area contributed by atoms with Gasteiger partial charge in [0.1, 0.15) is 5.75 Å². The van der Waals surface area contributed by atoms with Crippen LogP contribution in [0.4, 0.5) is 5.69 Å². The van der Waals surface area contributed by atoms with E-state index >= 15 is 0 Å². The molecule has 0 unspecified atom stereocenters. The Labute approximate surface area is 150 Å². The molecule has 0 bridgehead atoms. The van der Waals surface area contributed by atoms with Crippen LogP contribution in [-0.4, -0.2) is 26.7 Å². The molecule has 10 heteroatoms. The number of benzene rings is 2. The van der Waals surface area contributed by atoms with Gasteiger partial charge in [-0.1, -0.05) is 5.16 Å². The molecule has 10 nitrogen and oxygen atoms in total. The van der Waals surface area contributed by atoms with Crippen LogP contribution in [0.5, 0.6) is 5.75 Å². The Hall–Kier alpha value is -3.95. The molecule has 0 N–H and O–H groups in total. The van der Waals surface area contributed by atoms with Gasteiger partial charge in [0.05, 0.1) is 24.1 Å². The average molecular weight is 368 g/mol. The summed E-state index contributed by atoms with van der Waals surface area (Å²) >= 11 is 0. The molecule has 2 heterocycles. The zero-order chi connectivity index (χ0) is 19.0. The first kappa shape index (κ1) is 16.5. The van der Waals surface area contributed by atoms with Crippen LogP contribution in [0.15, 0.2) is 56.2 Å². The quantitative estimate of drug-likeness (QED) is 0.388. The number of hydrogen-bond donors (Lipinski definition) is 0. The summed E-state index contributed by atoms with van der Waals surface area (Å²) in [5.74, 6) is 0.536. The fourth-order valence-electron chi connectivity index (χ4n) is 2.62. The molecule has 0 radical (unpaired) electrons. The zero-order valence-corrected chi connectivity index (χ0v) is 14.0. The summed E-state index contributed by atoms with van der Waals surface area (Å²) in [6.07, 6.45) is 0. The van der Waals surface area contributed by atoms with E-state index in [1.165, 1.54) is 22.8 Å². The van der Waals surface area contributed by atoms with Crippen molar-refractivity contribution in [3.05, 3.63) is 69.0 Å². The molecule has 2 aromatic carbocycles. The number of non-ortho nitro benzene ring substituents is 1. The van der Waals surface area contributed by atoms with Crippen LogP contribution in [0.2, 0.25) is 0 Å². The molecule has 4 rings (SSSR count). The second-order valence-corrected chi connectivity index (χ2v) is 5.61. The van der Waals surface area contributed by atoms with Gasteiger partial charge in [0.15, 0.2) is 11.4 Å². The van der Waals surface area contributed by atoms with Crippen LogP contribution >= 0.6 is 0 Å². The van der Waals surface area contributed by atoms with E-state index < -0.39 is 10.7 Å². The maximum atomic E-state index is 12.1. The van der Waals surface area contributed by atoms with E-state index in [0.717, 1.165) is 0 Å². The van der Waals surface area contributed by atoms with Gasteiger partial charge in [-0.15, -0.1) is 0 Å². The summed E-state index contributed by atoms with van der Waals surface area (Å²) in [4.78, 5) is 26.8. The minimum absolute atomic E-state index is 0.0490. The molecule has 2 aromatic heterocycles. The molecule has 0 spiro atoms. The summed E-state index contributed by atoms with van der Waals surface area (Å²) in [6.45, 7) is -0.0490. The highest BCUT2D eigenvalue weighted by atomic mass is 16.6. The average Bonchev–Trinajstić information content (AvgIpc) is 3.26. The Morgan fingerprint density at radius 2 is 2.00 bits per heavy atom. The van der Waals surface area contributed by atoms with Crippen molar-refractivity contribution in [3.63, 3.8) is 0 Å². The summed E-state index contributed by atoms with van der Waals surface area (Å²) in [7, 11) is 1.57. The number of fused-ring (bicyclic) bond motifs is 1. The van der Waals surface area contributed by atoms with Crippen LogP contribution in [0.3, 0.4) is 0 Å². The van der Waals surface area contributed by atoms with Crippen LogP contribution in [0.1, 0.15) is 5.82 Å². The number of rotatable bonds is 5. The standard InChI is InChI=1S/C17H12N4O6/c1-25-12-5-2-10(3-6-12)16-18-15(19-27-16)9-20-13-8-11(21(23)24)4-7-14(13)26-17(20)22/h2-8H,9H2,1H3. The van der Waals surface area contributed by atoms with Gasteiger partial charge in [-0.25, -0.2) is 4.79 Å². The monoisotopic (exact) mass is 368 g/mol. The van der Waals surface area contributed by atoms with Crippen molar-refractivity contribution in [2.45, 2.75) is 6.54 Å². The minimum atomic E-state index is -0.665. The van der Waals surface area contributed by atoms with E-state index in [-0.39, 0.29) is 35.0 Å². The largest absolute Gasteiger partial charge is 0.497 e. The van der Waals surface area contributed by atoms with Crippen molar-refractivity contribution in [2.24, 2.45) is 0 Å². The lowest BCUT2D eigenvalue weighted by molar-refractivity contribution is -0.384. The van der Waals surface area contributed by atoms with Crippen molar-refractivity contribution in [2.75, 3.05) is 7.11 Å². The second kappa shape index (κ2) is 6.41. The molecule has 0 saturated heterocycles. The highest BCUT2D eigenvalue weighted by Crippen LogP contribution is 2.23. The minimum Gasteiger partial charge on any atom is -0.497 e. The number of methoxy groups -OCH3 is 1. The van der Waals surface area contributed by atoms with Gasteiger partial charge in [-0.05, 0) is 30.3 Å². The molecule has 0 aliphatic rings. The maximum absolute atomic E-state index is 12.1. The fraction of sp³-hybridized carbons (Fsp3) is 0.118. The predicted octanol–water partition coefficient (Wildman–Crippen LogP) is 2.61. The third-order valence-corrected chi connectivity index (χ3v) is 3.97. The first-order valence-corrected chi connectivity index (χ1v) is 7.80. The van der Waals surface area contributed by atoms with Gasteiger partial charge in [-0.3, -0.25) is 14.7 Å². The topological polar surface area (TPSA) is 126 Å². The molecule has 0 atom stereocenters. The molecular formula is C17H12N4O6. The van der Waals surface area contributed by atoms with Crippen molar-refractivity contribution in [1.82, 2.24) is 14.7 Å². The normalized spacial score (nSPS) is 11.0. The van der Waals surface area contributed by atoms with Crippen molar-refractivity contribution in [3.8, 4) is 17.2 Å². The van der Waals surface area contributed by atoms with E-state index in [9.17, 15) is 14.9 Å². The van der Waals surface area contributed by atoms with Crippen molar-refractivity contribution >= 4 is 16.8 Å². The summed E-state index contributed by atoms with van der Waals surface area (Å²) in [5.41, 5.74) is 1.06. The van der Waals surface area contributed by atoms with Gasteiger partial charge in [-0.2, -0.15) is 4.98 Å². The van der Waals surface area contributed by atoms with Crippen LogP contribution in [0, 0.1) is 10.1 Å². The number of nitro groups is 1. The number of nitrogens with zero attached hydrogens (tertiary/aromatic N) is 4.